The number of rotatable bonds is 2. The molecule has 176 valence electrons. The third-order valence-corrected chi connectivity index (χ3v) is 8.18. The molecule has 4 amide bonds. The first kappa shape index (κ1) is 21.4. The smallest absolute Gasteiger partial charge is 0.261 e. The molecule has 2 heterocycles. The lowest BCUT2D eigenvalue weighted by atomic mass is 9.82. The first-order valence-corrected chi connectivity index (χ1v) is 12.3. The lowest BCUT2D eigenvalue weighted by molar-refractivity contribution is 0.0459. The number of imide groups is 2. The number of nitrogens with zero attached hydrogens (tertiary/aromatic N) is 2. The van der Waals surface area contributed by atoms with Gasteiger partial charge in [0.1, 0.15) is 0 Å². The van der Waals surface area contributed by atoms with Gasteiger partial charge in [0, 0.05) is 45.1 Å². The Bertz CT molecular complexity index is 1100. The van der Waals surface area contributed by atoms with Crippen molar-refractivity contribution in [2.75, 3.05) is 0 Å². The average molecular weight is 461 g/mol. The fourth-order valence-electron chi connectivity index (χ4n) is 6.44. The highest BCUT2D eigenvalue weighted by Gasteiger charge is 2.45. The molecule has 2 fully saturated rings. The molecule has 0 bridgehead atoms. The van der Waals surface area contributed by atoms with Crippen molar-refractivity contribution in [1.29, 1.82) is 0 Å². The van der Waals surface area contributed by atoms with Gasteiger partial charge in [-0.3, -0.25) is 29.0 Å². The Hall–Kier alpha value is -3.10. The van der Waals surface area contributed by atoms with E-state index in [1.54, 1.807) is 24.3 Å². The zero-order valence-corrected chi connectivity index (χ0v) is 19.0. The summed E-state index contributed by atoms with van der Waals surface area (Å²) in [6.07, 6.45) is 6.70. The van der Waals surface area contributed by atoms with Crippen molar-refractivity contribution >= 4 is 34.4 Å². The van der Waals surface area contributed by atoms with Gasteiger partial charge in [-0.1, -0.05) is 25.7 Å². The van der Waals surface area contributed by atoms with Crippen LogP contribution in [0.2, 0.25) is 0 Å². The van der Waals surface area contributed by atoms with Gasteiger partial charge in [-0.25, -0.2) is 0 Å². The van der Waals surface area contributed by atoms with Crippen molar-refractivity contribution in [1.82, 2.24) is 9.80 Å². The molecular formula is C26H28N4O4. The third-order valence-electron chi connectivity index (χ3n) is 8.18. The predicted molar refractivity (Wildman–Crippen MR) is 125 cm³/mol. The van der Waals surface area contributed by atoms with Crippen LogP contribution in [-0.4, -0.2) is 57.6 Å². The second-order valence-electron chi connectivity index (χ2n) is 10.1. The molecule has 8 heteroatoms. The Labute approximate surface area is 197 Å². The third kappa shape index (κ3) is 2.85. The summed E-state index contributed by atoms with van der Waals surface area (Å²) in [5.74, 6) is -1.61. The molecule has 6 rings (SSSR count). The van der Waals surface area contributed by atoms with Crippen LogP contribution in [-0.2, 0) is 0 Å². The van der Waals surface area contributed by atoms with Gasteiger partial charge in [-0.15, -0.1) is 0 Å². The van der Waals surface area contributed by atoms with E-state index in [0.717, 1.165) is 38.5 Å². The van der Waals surface area contributed by atoms with E-state index >= 15 is 0 Å². The van der Waals surface area contributed by atoms with E-state index in [4.69, 9.17) is 11.5 Å². The maximum atomic E-state index is 13.6. The molecule has 2 aromatic carbocycles. The fraction of sp³-hybridized carbons (Fsp3) is 0.462. The van der Waals surface area contributed by atoms with Crippen LogP contribution in [0.4, 0.5) is 0 Å². The van der Waals surface area contributed by atoms with Gasteiger partial charge < -0.3 is 11.5 Å². The molecular weight excluding hydrogens is 432 g/mol. The molecule has 4 atom stereocenters. The first-order chi connectivity index (χ1) is 16.4. The molecule has 4 aliphatic rings. The monoisotopic (exact) mass is 460 g/mol. The van der Waals surface area contributed by atoms with Crippen LogP contribution < -0.4 is 11.5 Å². The SMILES string of the molecule is N[C@H]1CCCC[C@@H]1N1C(=O)c2ccc3c4c(ccc(c24)C1=O)C(=O)N([C@H]1CCCC[C@@H]1N)C3=O. The molecule has 2 saturated carbocycles. The number of carbonyl (C=O) groups excluding carboxylic acids is 4. The highest BCUT2D eigenvalue weighted by Crippen LogP contribution is 2.40. The zero-order chi connectivity index (χ0) is 23.7. The molecule has 0 unspecified atom stereocenters. The van der Waals surface area contributed by atoms with Crippen LogP contribution in [0, 0.1) is 0 Å². The maximum absolute atomic E-state index is 13.6. The molecule has 34 heavy (non-hydrogen) atoms. The van der Waals surface area contributed by atoms with Crippen LogP contribution in [0.25, 0.3) is 10.8 Å². The standard InChI is InChI=1S/C26H28N4O4/c27-17-5-1-3-7-19(17)29-23(31)13-9-11-15-22-16(12-10-14(21(13)22)24(29)32)26(34)30(25(15)33)20-8-4-2-6-18(20)28/h9-12,17-20H,1-8,27-28H2/t17-,18-,19-,20-/m0/s1. The van der Waals surface area contributed by atoms with Crippen LogP contribution in [0.5, 0.6) is 0 Å². The number of hydrogen-bond acceptors (Lipinski definition) is 6. The van der Waals surface area contributed by atoms with Gasteiger partial charge in [0.25, 0.3) is 23.6 Å². The van der Waals surface area contributed by atoms with E-state index < -0.39 is 23.6 Å². The quantitative estimate of drug-likeness (QED) is 0.663. The highest BCUT2D eigenvalue weighted by molar-refractivity contribution is 6.33. The molecule has 2 aliphatic heterocycles. The number of amides is 4. The van der Waals surface area contributed by atoms with Gasteiger partial charge in [0.2, 0.25) is 0 Å². The van der Waals surface area contributed by atoms with Crippen LogP contribution >= 0.6 is 0 Å². The van der Waals surface area contributed by atoms with E-state index in [2.05, 4.69) is 0 Å². The Morgan fingerprint density at radius 2 is 0.824 bits per heavy atom. The minimum absolute atomic E-state index is 0.257. The Kier molecular flexibility index (Phi) is 4.86. The summed E-state index contributed by atoms with van der Waals surface area (Å²) in [6, 6.07) is 5.26. The van der Waals surface area contributed by atoms with Crippen molar-refractivity contribution in [2.45, 2.75) is 75.5 Å². The molecule has 2 aliphatic carbocycles. The van der Waals surface area contributed by atoms with E-state index in [1.807, 2.05) is 0 Å². The van der Waals surface area contributed by atoms with E-state index in [-0.39, 0.29) is 24.2 Å². The van der Waals surface area contributed by atoms with E-state index in [1.165, 1.54) is 9.80 Å². The van der Waals surface area contributed by atoms with Crippen molar-refractivity contribution in [3.63, 3.8) is 0 Å². The van der Waals surface area contributed by atoms with Crippen molar-refractivity contribution < 1.29 is 19.2 Å². The Morgan fingerprint density at radius 1 is 0.529 bits per heavy atom. The minimum Gasteiger partial charge on any atom is -0.326 e. The summed E-state index contributed by atoms with van der Waals surface area (Å²) in [4.78, 5) is 56.8. The van der Waals surface area contributed by atoms with Gasteiger partial charge in [-0.05, 0) is 49.9 Å². The number of carbonyl (C=O) groups is 4. The van der Waals surface area contributed by atoms with E-state index in [9.17, 15) is 19.2 Å². The summed E-state index contributed by atoms with van der Waals surface area (Å²) in [5, 5.41) is 0.805. The Balaban J connectivity index is 1.49. The number of nitrogens with two attached hydrogens (primary N) is 2. The molecule has 0 radical (unpaired) electrons. The summed E-state index contributed by atoms with van der Waals surface area (Å²) < 4.78 is 0. The lowest BCUT2D eigenvalue weighted by Crippen LogP contribution is -2.56. The summed E-state index contributed by atoms with van der Waals surface area (Å²) >= 11 is 0. The second-order valence-corrected chi connectivity index (χ2v) is 10.1. The molecule has 0 spiro atoms. The topological polar surface area (TPSA) is 127 Å². The molecule has 0 aromatic heterocycles. The minimum atomic E-state index is -0.403. The lowest BCUT2D eigenvalue weighted by Gasteiger charge is -2.41. The fourth-order valence-corrected chi connectivity index (χ4v) is 6.44. The van der Waals surface area contributed by atoms with Gasteiger partial charge in [-0.2, -0.15) is 0 Å². The maximum Gasteiger partial charge on any atom is 0.261 e. The summed E-state index contributed by atoms with van der Waals surface area (Å²) in [7, 11) is 0. The van der Waals surface area contributed by atoms with Crippen molar-refractivity contribution in [3.8, 4) is 0 Å². The number of hydrogen-bond donors (Lipinski definition) is 2. The zero-order valence-electron chi connectivity index (χ0n) is 19.0. The first-order valence-electron chi connectivity index (χ1n) is 12.3. The molecule has 2 aromatic rings. The average Bonchev–Trinajstić information content (AvgIpc) is 2.83. The molecule has 0 saturated heterocycles. The van der Waals surface area contributed by atoms with Crippen molar-refractivity contribution in [3.05, 3.63) is 46.5 Å². The summed E-state index contributed by atoms with van der Waals surface area (Å²) in [6.45, 7) is 0. The van der Waals surface area contributed by atoms with Crippen LogP contribution in [0.1, 0.15) is 92.8 Å². The molecule has 8 nitrogen and oxygen atoms in total. The second kappa shape index (κ2) is 7.71. The van der Waals surface area contributed by atoms with Gasteiger partial charge >= 0.3 is 0 Å². The summed E-state index contributed by atoms with van der Waals surface area (Å²) in [5.41, 5.74) is 14.0. The highest BCUT2D eigenvalue weighted by atomic mass is 16.2. The van der Waals surface area contributed by atoms with Crippen LogP contribution in [0.3, 0.4) is 0 Å². The molecule has 4 N–H and O–H groups in total. The van der Waals surface area contributed by atoms with E-state index in [0.29, 0.717) is 45.9 Å². The van der Waals surface area contributed by atoms with Gasteiger partial charge in [0.15, 0.2) is 0 Å². The predicted octanol–water partition coefficient (Wildman–Crippen LogP) is 2.57. The largest absolute Gasteiger partial charge is 0.326 e. The van der Waals surface area contributed by atoms with Crippen LogP contribution in [0.15, 0.2) is 24.3 Å². The van der Waals surface area contributed by atoms with Crippen molar-refractivity contribution in [2.24, 2.45) is 11.5 Å². The number of benzene rings is 2. The Morgan fingerprint density at radius 3 is 1.12 bits per heavy atom. The van der Waals surface area contributed by atoms with Gasteiger partial charge in [0.05, 0.1) is 12.1 Å². The normalized spacial score (nSPS) is 29.2.